The molecule has 1 N–H and O–H groups in total. The van der Waals surface area contributed by atoms with E-state index in [-0.39, 0.29) is 17.8 Å². The summed E-state index contributed by atoms with van der Waals surface area (Å²) in [6.45, 7) is 3.12. The molecule has 1 aromatic heterocycles. The fraction of sp³-hybridized carbons (Fsp3) is 0.368. The molecule has 26 heavy (non-hydrogen) atoms. The van der Waals surface area contributed by atoms with Gasteiger partial charge < -0.3 is 19.5 Å². The van der Waals surface area contributed by atoms with Gasteiger partial charge in [0.2, 0.25) is 5.75 Å². The molecule has 0 amide bonds. The van der Waals surface area contributed by atoms with Crippen LogP contribution in [0.15, 0.2) is 41.5 Å². The van der Waals surface area contributed by atoms with Gasteiger partial charge in [0, 0.05) is 18.0 Å². The molecule has 3 atom stereocenters. The Balaban J connectivity index is 1.82. The second kappa shape index (κ2) is 6.72. The second-order valence-electron chi connectivity index (χ2n) is 6.41. The maximum absolute atomic E-state index is 10.3. The highest BCUT2D eigenvalue weighted by molar-refractivity contribution is 8.14. The molecule has 0 saturated carbocycles. The van der Waals surface area contributed by atoms with Crippen molar-refractivity contribution in [2.45, 2.75) is 24.3 Å². The highest BCUT2D eigenvalue weighted by Gasteiger charge is 2.44. The van der Waals surface area contributed by atoms with Crippen LogP contribution in [0.3, 0.4) is 0 Å². The summed E-state index contributed by atoms with van der Waals surface area (Å²) in [6.07, 6.45) is 1.80. The van der Waals surface area contributed by atoms with Crippen LogP contribution in [-0.2, 0) is 0 Å². The van der Waals surface area contributed by atoms with Crippen molar-refractivity contribution in [3.05, 3.63) is 47.8 Å². The molecule has 2 aliphatic rings. The summed E-state index contributed by atoms with van der Waals surface area (Å²) >= 11 is 1.79. The van der Waals surface area contributed by atoms with Crippen molar-refractivity contribution < 1.29 is 14.6 Å². The summed E-state index contributed by atoms with van der Waals surface area (Å²) in [5, 5.41) is 11.8. The fourth-order valence-corrected chi connectivity index (χ4v) is 4.66. The van der Waals surface area contributed by atoms with Gasteiger partial charge in [-0.2, -0.15) is 0 Å². The van der Waals surface area contributed by atoms with Crippen molar-refractivity contribution in [3.8, 4) is 17.2 Å². The van der Waals surface area contributed by atoms with E-state index in [0.717, 1.165) is 23.0 Å². The van der Waals surface area contributed by atoms with E-state index in [2.05, 4.69) is 16.8 Å². The number of pyridine rings is 1. The Kier molecular flexibility index (Phi) is 4.40. The first-order chi connectivity index (χ1) is 12.6. The van der Waals surface area contributed by atoms with Gasteiger partial charge in [-0.05, 0) is 29.8 Å². The number of phenols is 1. The lowest BCUT2D eigenvalue weighted by atomic mass is 9.95. The van der Waals surface area contributed by atoms with Crippen LogP contribution in [0.1, 0.15) is 30.3 Å². The van der Waals surface area contributed by atoms with Crippen LogP contribution in [-0.4, -0.2) is 46.2 Å². The van der Waals surface area contributed by atoms with Gasteiger partial charge in [0.25, 0.3) is 0 Å². The number of amidine groups is 1. The van der Waals surface area contributed by atoms with Crippen molar-refractivity contribution in [1.29, 1.82) is 0 Å². The number of benzene rings is 1. The number of aliphatic imine (C=N–C) groups is 1. The number of hydrogen-bond acceptors (Lipinski definition) is 7. The predicted molar refractivity (Wildman–Crippen MR) is 102 cm³/mol. The molecule has 0 unspecified atom stereocenters. The van der Waals surface area contributed by atoms with Crippen molar-refractivity contribution >= 4 is 16.9 Å². The second-order valence-corrected chi connectivity index (χ2v) is 7.82. The number of phenolic OH excluding ortho intramolecular Hbond substituents is 1. The molecule has 1 saturated heterocycles. The molecule has 2 aliphatic heterocycles. The predicted octanol–water partition coefficient (Wildman–Crippen LogP) is 3.39. The van der Waals surface area contributed by atoms with Crippen molar-refractivity contribution in [2.24, 2.45) is 4.99 Å². The molecule has 1 aromatic carbocycles. The molecular weight excluding hydrogens is 350 g/mol. The number of fused-ring (bicyclic) bond motifs is 1. The first kappa shape index (κ1) is 17.0. The van der Waals surface area contributed by atoms with E-state index in [9.17, 15) is 5.11 Å². The standard InChI is InChI=1S/C19H21N3O3S/c1-11-10-22-17(12-8-14(24-2)18(23)15(9-12)25-3)16(21-19(22)26-11)13-6-4-5-7-20-13/h4-9,11,16-17,23H,10H2,1-3H3/t11-,16-,17-/m1/s1. The third kappa shape index (κ3) is 2.76. The van der Waals surface area contributed by atoms with E-state index in [0.29, 0.717) is 16.7 Å². The Labute approximate surface area is 156 Å². The maximum atomic E-state index is 10.3. The number of hydrogen-bond donors (Lipinski definition) is 1. The van der Waals surface area contributed by atoms with Gasteiger partial charge in [-0.15, -0.1) is 0 Å². The molecule has 0 spiro atoms. The zero-order valence-corrected chi connectivity index (χ0v) is 15.7. The summed E-state index contributed by atoms with van der Waals surface area (Å²) in [7, 11) is 3.08. The molecule has 4 rings (SSSR count). The van der Waals surface area contributed by atoms with E-state index >= 15 is 0 Å². The van der Waals surface area contributed by atoms with E-state index in [4.69, 9.17) is 14.5 Å². The smallest absolute Gasteiger partial charge is 0.200 e. The van der Waals surface area contributed by atoms with Gasteiger partial charge in [-0.25, -0.2) is 0 Å². The van der Waals surface area contributed by atoms with Gasteiger partial charge in [-0.3, -0.25) is 9.98 Å². The van der Waals surface area contributed by atoms with Crippen LogP contribution in [0.2, 0.25) is 0 Å². The average Bonchev–Trinajstić information content (AvgIpc) is 3.18. The molecule has 136 valence electrons. The zero-order chi connectivity index (χ0) is 18.3. The van der Waals surface area contributed by atoms with Crippen LogP contribution < -0.4 is 9.47 Å². The van der Waals surface area contributed by atoms with Gasteiger partial charge in [0.15, 0.2) is 16.7 Å². The minimum Gasteiger partial charge on any atom is -0.502 e. The summed E-state index contributed by atoms with van der Waals surface area (Å²) in [4.78, 5) is 11.8. The highest BCUT2D eigenvalue weighted by Crippen LogP contribution is 2.50. The number of rotatable bonds is 4. The highest BCUT2D eigenvalue weighted by atomic mass is 32.2. The maximum Gasteiger partial charge on any atom is 0.200 e. The zero-order valence-electron chi connectivity index (χ0n) is 14.9. The molecule has 6 nitrogen and oxygen atoms in total. The lowest BCUT2D eigenvalue weighted by Gasteiger charge is -2.28. The number of thioether (sulfide) groups is 1. The lowest BCUT2D eigenvalue weighted by Crippen LogP contribution is -2.28. The number of nitrogens with zero attached hydrogens (tertiary/aromatic N) is 3. The summed E-state index contributed by atoms with van der Waals surface area (Å²) in [6, 6.07) is 9.51. The largest absolute Gasteiger partial charge is 0.502 e. The van der Waals surface area contributed by atoms with Crippen LogP contribution >= 0.6 is 11.8 Å². The van der Waals surface area contributed by atoms with Crippen LogP contribution in [0, 0.1) is 0 Å². The minimum atomic E-state index is -0.106. The Hall–Kier alpha value is -2.41. The minimum absolute atomic E-state index is 0.0106. The molecular formula is C19H21N3O3S. The number of methoxy groups -OCH3 is 2. The van der Waals surface area contributed by atoms with E-state index in [1.54, 1.807) is 32.2 Å². The van der Waals surface area contributed by atoms with Crippen molar-refractivity contribution in [2.75, 3.05) is 20.8 Å². The molecule has 7 heteroatoms. The van der Waals surface area contributed by atoms with Gasteiger partial charge >= 0.3 is 0 Å². The molecule has 0 aliphatic carbocycles. The number of aromatic hydroxyl groups is 1. The number of ether oxygens (including phenoxy) is 2. The lowest BCUT2D eigenvalue weighted by molar-refractivity contribution is 0.311. The van der Waals surface area contributed by atoms with Gasteiger partial charge in [-0.1, -0.05) is 24.8 Å². The third-order valence-corrected chi connectivity index (χ3v) is 5.83. The summed E-state index contributed by atoms with van der Waals surface area (Å²) in [5.74, 6) is 0.802. The van der Waals surface area contributed by atoms with E-state index < -0.39 is 0 Å². The fourth-order valence-electron chi connectivity index (χ4n) is 3.56. The van der Waals surface area contributed by atoms with Crippen LogP contribution in [0.4, 0.5) is 0 Å². The quantitative estimate of drug-likeness (QED) is 0.889. The van der Waals surface area contributed by atoms with Crippen LogP contribution in [0.5, 0.6) is 17.2 Å². The Morgan fingerprint density at radius 3 is 2.54 bits per heavy atom. The van der Waals surface area contributed by atoms with Gasteiger partial charge in [0.1, 0.15) is 6.04 Å². The average molecular weight is 371 g/mol. The summed E-state index contributed by atoms with van der Waals surface area (Å²) in [5.41, 5.74) is 1.92. The molecule has 0 bridgehead atoms. The molecule has 2 aromatic rings. The monoisotopic (exact) mass is 371 g/mol. The van der Waals surface area contributed by atoms with Gasteiger partial charge in [0.05, 0.1) is 26.0 Å². The normalized spacial score (nSPS) is 24.3. The third-order valence-electron chi connectivity index (χ3n) is 4.72. The molecule has 1 fully saturated rings. The van der Waals surface area contributed by atoms with Crippen LogP contribution in [0.25, 0.3) is 0 Å². The van der Waals surface area contributed by atoms with E-state index in [1.807, 2.05) is 30.3 Å². The SMILES string of the molecule is COc1cc([C@@H]2[C@@H](c3ccccn3)N=C3S[C@H](C)CN32)cc(OC)c1O. The summed E-state index contributed by atoms with van der Waals surface area (Å²) < 4.78 is 10.7. The van der Waals surface area contributed by atoms with E-state index in [1.165, 1.54) is 0 Å². The Morgan fingerprint density at radius 2 is 1.92 bits per heavy atom. The van der Waals surface area contributed by atoms with Crippen molar-refractivity contribution in [1.82, 2.24) is 9.88 Å². The first-order valence-corrected chi connectivity index (χ1v) is 9.37. The first-order valence-electron chi connectivity index (χ1n) is 8.49. The molecule has 0 radical (unpaired) electrons. The number of aromatic nitrogens is 1. The van der Waals surface area contributed by atoms with Crippen molar-refractivity contribution in [3.63, 3.8) is 0 Å². The molecule has 3 heterocycles. The topological polar surface area (TPSA) is 67.2 Å². The Morgan fingerprint density at radius 1 is 1.19 bits per heavy atom. The Bertz CT molecular complexity index is 818.